The van der Waals surface area contributed by atoms with Crippen molar-refractivity contribution in [3.8, 4) is 0 Å². The van der Waals surface area contributed by atoms with Crippen molar-refractivity contribution in [1.29, 1.82) is 0 Å². The molecular weight excluding hydrogens is 178 g/mol. The third kappa shape index (κ3) is 2.26. The molecule has 0 aliphatic rings. The van der Waals surface area contributed by atoms with Crippen LogP contribution in [0.3, 0.4) is 0 Å². The number of nitrogens with zero attached hydrogens (tertiary/aromatic N) is 2. The number of imidazole rings is 1. The maximum Gasteiger partial charge on any atom is 0.126 e. The van der Waals surface area contributed by atoms with Gasteiger partial charge in [0.2, 0.25) is 0 Å². The van der Waals surface area contributed by atoms with Crippen LogP contribution in [-0.4, -0.2) is 23.3 Å². The second kappa shape index (κ2) is 5.00. The number of hydrogen-bond acceptors (Lipinski definition) is 3. The molecule has 0 spiro atoms. The molecule has 0 amide bonds. The summed E-state index contributed by atoms with van der Waals surface area (Å²) in [5.41, 5.74) is 6.91. The van der Waals surface area contributed by atoms with Crippen LogP contribution in [-0.2, 0) is 11.3 Å². The lowest BCUT2D eigenvalue weighted by Crippen LogP contribution is -2.07. The molecule has 4 nitrogen and oxygen atoms in total. The molecule has 1 aromatic rings. The molecule has 0 saturated heterocycles. The molecule has 4 heteroatoms. The molecule has 2 N–H and O–H groups in total. The van der Waals surface area contributed by atoms with E-state index in [-0.39, 0.29) is 5.92 Å². The van der Waals surface area contributed by atoms with Gasteiger partial charge in [-0.05, 0) is 6.42 Å². The van der Waals surface area contributed by atoms with Gasteiger partial charge in [-0.25, -0.2) is 4.98 Å². The van der Waals surface area contributed by atoms with Crippen molar-refractivity contribution in [1.82, 2.24) is 9.55 Å². The van der Waals surface area contributed by atoms with Crippen molar-refractivity contribution in [3.05, 3.63) is 12.0 Å². The maximum absolute atomic E-state index is 5.97. The minimum atomic E-state index is 0.262. The zero-order chi connectivity index (χ0) is 10.6. The predicted octanol–water partition coefficient (Wildman–Crippen LogP) is 1.63. The highest BCUT2D eigenvalue weighted by Crippen LogP contribution is 2.20. The lowest BCUT2D eigenvalue weighted by Gasteiger charge is -2.09. The van der Waals surface area contributed by atoms with Crippen molar-refractivity contribution in [2.24, 2.45) is 0 Å². The molecule has 14 heavy (non-hydrogen) atoms. The van der Waals surface area contributed by atoms with E-state index in [1.165, 1.54) is 0 Å². The van der Waals surface area contributed by atoms with Crippen LogP contribution in [0.2, 0.25) is 0 Å². The van der Waals surface area contributed by atoms with Crippen molar-refractivity contribution in [2.45, 2.75) is 32.7 Å². The van der Waals surface area contributed by atoms with Crippen molar-refractivity contribution in [2.75, 3.05) is 19.5 Å². The third-order valence-corrected chi connectivity index (χ3v) is 2.26. The van der Waals surface area contributed by atoms with E-state index in [4.69, 9.17) is 10.5 Å². The quantitative estimate of drug-likeness (QED) is 0.780. The van der Waals surface area contributed by atoms with Gasteiger partial charge in [-0.15, -0.1) is 0 Å². The third-order valence-electron chi connectivity index (χ3n) is 2.26. The van der Waals surface area contributed by atoms with Crippen molar-refractivity contribution >= 4 is 5.82 Å². The van der Waals surface area contributed by atoms with Gasteiger partial charge in [0, 0.05) is 19.6 Å². The standard InChI is InChI=1S/C10H19N3O/c1-4-5-13-7-12-9(10(13)11)8(2)6-14-3/h7-8H,4-6,11H2,1-3H3. The highest BCUT2D eigenvalue weighted by molar-refractivity contribution is 5.38. The molecule has 80 valence electrons. The summed E-state index contributed by atoms with van der Waals surface area (Å²) in [7, 11) is 1.69. The summed E-state index contributed by atoms with van der Waals surface area (Å²) < 4.78 is 7.07. The first-order valence-corrected chi connectivity index (χ1v) is 5.00. The largest absolute Gasteiger partial charge is 0.384 e. The molecule has 0 saturated carbocycles. The second-order valence-electron chi connectivity index (χ2n) is 3.56. The van der Waals surface area contributed by atoms with Crippen LogP contribution in [0.1, 0.15) is 31.9 Å². The lowest BCUT2D eigenvalue weighted by atomic mass is 10.1. The lowest BCUT2D eigenvalue weighted by molar-refractivity contribution is 0.183. The Bertz CT molecular complexity index is 283. The van der Waals surface area contributed by atoms with Crippen LogP contribution >= 0.6 is 0 Å². The number of nitrogen functional groups attached to an aromatic ring is 1. The van der Waals surface area contributed by atoms with E-state index in [1.807, 2.05) is 4.57 Å². The molecule has 1 unspecified atom stereocenters. The summed E-state index contributed by atoms with van der Waals surface area (Å²) in [6, 6.07) is 0. The van der Waals surface area contributed by atoms with Crippen LogP contribution in [0.25, 0.3) is 0 Å². The Kier molecular flexibility index (Phi) is 3.95. The summed E-state index contributed by atoms with van der Waals surface area (Å²) in [6.45, 7) is 5.78. The fraction of sp³-hybridized carbons (Fsp3) is 0.700. The van der Waals surface area contributed by atoms with Crippen LogP contribution in [0.4, 0.5) is 5.82 Å². The fourth-order valence-corrected chi connectivity index (χ4v) is 1.54. The zero-order valence-corrected chi connectivity index (χ0v) is 9.16. The Morgan fingerprint density at radius 3 is 2.93 bits per heavy atom. The number of aryl methyl sites for hydroxylation is 1. The number of ether oxygens (including phenoxy) is 1. The van der Waals surface area contributed by atoms with Crippen molar-refractivity contribution in [3.63, 3.8) is 0 Å². The number of nitrogens with two attached hydrogens (primary N) is 1. The van der Waals surface area contributed by atoms with Gasteiger partial charge < -0.3 is 15.0 Å². The highest BCUT2D eigenvalue weighted by Gasteiger charge is 2.13. The van der Waals surface area contributed by atoms with E-state index in [1.54, 1.807) is 13.4 Å². The first-order valence-electron chi connectivity index (χ1n) is 5.00. The maximum atomic E-state index is 5.97. The van der Waals surface area contributed by atoms with Crippen LogP contribution in [0.15, 0.2) is 6.33 Å². The van der Waals surface area contributed by atoms with E-state index in [2.05, 4.69) is 18.8 Å². The summed E-state index contributed by atoms with van der Waals surface area (Å²) in [6.07, 6.45) is 2.87. The summed E-state index contributed by atoms with van der Waals surface area (Å²) in [5, 5.41) is 0. The van der Waals surface area contributed by atoms with Gasteiger partial charge in [0.05, 0.1) is 18.6 Å². The SMILES string of the molecule is CCCn1cnc(C(C)COC)c1N. The zero-order valence-electron chi connectivity index (χ0n) is 9.16. The monoisotopic (exact) mass is 197 g/mol. The summed E-state index contributed by atoms with van der Waals surface area (Å²) >= 11 is 0. The molecule has 1 heterocycles. The predicted molar refractivity (Wildman–Crippen MR) is 57.2 cm³/mol. The van der Waals surface area contributed by atoms with Crippen molar-refractivity contribution < 1.29 is 4.74 Å². The number of methoxy groups -OCH3 is 1. The Morgan fingerprint density at radius 1 is 1.64 bits per heavy atom. The first-order chi connectivity index (χ1) is 6.70. The van der Waals surface area contributed by atoms with E-state index >= 15 is 0 Å². The van der Waals surface area contributed by atoms with Crippen LogP contribution in [0, 0.1) is 0 Å². The van der Waals surface area contributed by atoms with E-state index in [0.29, 0.717) is 6.61 Å². The number of anilines is 1. The van der Waals surface area contributed by atoms with Gasteiger partial charge in [0.15, 0.2) is 0 Å². The van der Waals surface area contributed by atoms with Gasteiger partial charge in [0.25, 0.3) is 0 Å². The Morgan fingerprint density at radius 2 is 2.36 bits per heavy atom. The Labute approximate surface area is 85.1 Å². The summed E-state index contributed by atoms with van der Waals surface area (Å²) in [5.74, 6) is 1.04. The number of aromatic nitrogens is 2. The molecule has 0 fully saturated rings. The highest BCUT2D eigenvalue weighted by atomic mass is 16.5. The van der Waals surface area contributed by atoms with Gasteiger partial charge in [-0.1, -0.05) is 13.8 Å². The van der Waals surface area contributed by atoms with E-state index in [9.17, 15) is 0 Å². The molecule has 1 rings (SSSR count). The number of hydrogen-bond donors (Lipinski definition) is 1. The number of rotatable bonds is 5. The molecular formula is C10H19N3O. The first kappa shape index (κ1) is 11.0. The normalized spacial score (nSPS) is 13.1. The fourth-order valence-electron chi connectivity index (χ4n) is 1.54. The molecule has 0 aromatic carbocycles. The topological polar surface area (TPSA) is 53.1 Å². The van der Waals surface area contributed by atoms with Gasteiger partial charge in [0.1, 0.15) is 5.82 Å². The summed E-state index contributed by atoms with van der Waals surface area (Å²) in [4.78, 5) is 4.31. The molecule has 0 aliphatic carbocycles. The Balaban J connectivity index is 2.77. The van der Waals surface area contributed by atoms with E-state index in [0.717, 1.165) is 24.5 Å². The minimum Gasteiger partial charge on any atom is -0.384 e. The molecule has 1 aromatic heterocycles. The van der Waals surface area contributed by atoms with E-state index < -0.39 is 0 Å². The smallest absolute Gasteiger partial charge is 0.126 e. The average molecular weight is 197 g/mol. The minimum absolute atomic E-state index is 0.262. The van der Waals surface area contributed by atoms with Gasteiger partial charge >= 0.3 is 0 Å². The average Bonchev–Trinajstić information content (AvgIpc) is 2.49. The molecule has 0 aliphatic heterocycles. The van der Waals surface area contributed by atoms with Gasteiger partial charge in [-0.2, -0.15) is 0 Å². The van der Waals surface area contributed by atoms with Gasteiger partial charge in [-0.3, -0.25) is 0 Å². The Hall–Kier alpha value is -1.03. The van der Waals surface area contributed by atoms with Crippen LogP contribution < -0.4 is 5.73 Å². The second-order valence-corrected chi connectivity index (χ2v) is 3.56. The molecule has 1 atom stereocenters. The molecule has 0 bridgehead atoms. The van der Waals surface area contributed by atoms with Crippen LogP contribution in [0.5, 0.6) is 0 Å². The molecule has 0 radical (unpaired) electrons.